The van der Waals surface area contributed by atoms with Crippen molar-refractivity contribution in [2.75, 3.05) is 0 Å². The van der Waals surface area contributed by atoms with E-state index >= 15 is 0 Å². The molecule has 3 rings (SSSR count). The summed E-state index contributed by atoms with van der Waals surface area (Å²) in [6.45, 7) is 0. The number of benzene rings is 2. The van der Waals surface area contributed by atoms with Crippen molar-refractivity contribution in [1.29, 1.82) is 5.26 Å². The molecule has 3 nitrogen and oxygen atoms in total. The van der Waals surface area contributed by atoms with E-state index in [-0.39, 0.29) is 5.78 Å². The molecule has 0 bridgehead atoms. The fraction of sp³-hybridized carbons (Fsp3) is 0.0556. The summed E-state index contributed by atoms with van der Waals surface area (Å²) in [7, 11) is 0. The summed E-state index contributed by atoms with van der Waals surface area (Å²) in [6.07, 6.45) is 0. The van der Waals surface area contributed by atoms with Crippen LogP contribution in [0.5, 0.6) is 0 Å². The highest BCUT2D eigenvalue weighted by Gasteiger charge is 2.25. The second kappa shape index (κ2) is 6.74. The molecule has 5 heteroatoms. The van der Waals surface area contributed by atoms with Gasteiger partial charge in [0.15, 0.2) is 11.7 Å². The quantitative estimate of drug-likeness (QED) is 0.632. The Morgan fingerprint density at radius 2 is 1.83 bits per heavy atom. The van der Waals surface area contributed by atoms with E-state index < -0.39 is 5.92 Å². The van der Waals surface area contributed by atoms with Gasteiger partial charge in [-0.25, -0.2) is 4.98 Å². The first-order valence-electron chi connectivity index (χ1n) is 6.90. The molecule has 0 amide bonds. The molecule has 23 heavy (non-hydrogen) atoms. The molecule has 2 aromatic carbocycles. The van der Waals surface area contributed by atoms with Gasteiger partial charge < -0.3 is 0 Å². The van der Waals surface area contributed by atoms with Crippen molar-refractivity contribution in [3.8, 4) is 17.3 Å². The van der Waals surface area contributed by atoms with E-state index in [1.54, 1.807) is 30.3 Å². The second-order valence-corrected chi connectivity index (χ2v) is 6.14. The van der Waals surface area contributed by atoms with Gasteiger partial charge in [-0.2, -0.15) is 5.26 Å². The van der Waals surface area contributed by atoms with Crippen LogP contribution in [-0.2, 0) is 0 Å². The summed E-state index contributed by atoms with van der Waals surface area (Å²) >= 11 is 7.47. The number of hydrogen-bond acceptors (Lipinski definition) is 4. The predicted octanol–water partition coefficient (Wildman–Crippen LogP) is 4.95. The molecule has 0 saturated carbocycles. The second-order valence-electron chi connectivity index (χ2n) is 4.84. The SMILES string of the molecule is N#CC(C(=O)c1ccccc1)c1nc(-c2ccccc2Cl)cs1. The van der Waals surface area contributed by atoms with Crippen molar-refractivity contribution in [1.82, 2.24) is 4.98 Å². The first-order chi connectivity index (χ1) is 11.2. The Morgan fingerprint density at radius 1 is 1.13 bits per heavy atom. The van der Waals surface area contributed by atoms with Crippen LogP contribution in [0.15, 0.2) is 60.0 Å². The lowest BCUT2D eigenvalue weighted by Crippen LogP contribution is -2.10. The first kappa shape index (κ1) is 15.4. The van der Waals surface area contributed by atoms with E-state index in [1.807, 2.05) is 29.6 Å². The topological polar surface area (TPSA) is 53.8 Å². The van der Waals surface area contributed by atoms with Crippen molar-refractivity contribution in [2.24, 2.45) is 0 Å². The number of nitrogens with zero attached hydrogens (tertiary/aromatic N) is 2. The van der Waals surface area contributed by atoms with E-state index in [1.165, 1.54) is 11.3 Å². The van der Waals surface area contributed by atoms with E-state index in [0.717, 1.165) is 5.56 Å². The maximum Gasteiger partial charge on any atom is 0.186 e. The largest absolute Gasteiger partial charge is 0.292 e. The van der Waals surface area contributed by atoms with Crippen LogP contribution in [0.25, 0.3) is 11.3 Å². The van der Waals surface area contributed by atoms with Gasteiger partial charge in [0.2, 0.25) is 0 Å². The van der Waals surface area contributed by atoms with Crippen LogP contribution >= 0.6 is 22.9 Å². The highest BCUT2D eigenvalue weighted by molar-refractivity contribution is 7.10. The predicted molar refractivity (Wildman–Crippen MR) is 91.7 cm³/mol. The molecule has 0 saturated heterocycles. The highest BCUT2D eigenvalue weighted by atomic mass is 35.5. The van der Waals surface area contributed by atoms with E-state index in [0.29, 0.717) is 21.3 Å². The lowest BCUT2D eigenvalue weighted by molar-refractivity contribution is 0.0979. The summed E-state index contributed by atoms with van der Waals surface area (Å²) in [5, 5.41) is 12.3. The molecule has 0 radical (unpaired) electrons. The molecule has 3 aromatic rings. The van der Waals surface area contributed by atoms with Gasteiger partial charge in [-0.15, -0.1) is 11.3 Å². The third kappa shape index (κ3) is 3.16. The lowest BCUT2D eigenvalue weighted by Gasteiger charge is -2.05. The van der Waals surface area contributed by atoms with Gasteiger partial charge in [-0.1, -0.05) is 60.1 Å². The summed E-state index contributed by atoms with van der Waals surface area (Å²) in [6, 6.07) is 18.2. The average Bonchev–Trinajstić information content (AvgIpc) is 3.06. The van der Waals surface area contributed by atoms with Crippen molar-refractivity contribution >= 4 is 28.7 Å². The Morgan fingerprint density at radius 3 is 2.52 bits per heavy atom. The van der Waals surface area contributed by atoms with Crippen LogP contribution in [0.1, 0.15) is 21.3 Å². The number of ketones is 1. The maximum absolute atomic E-state index is 12.5. The van der Waals surface area contributed by atoms with E-state index in [2.05, 4.69) is 11.1 Å². The highest BCUT2D eigenvalue weighted by Crippen LogP contribution is 2.31. The zero-order valence-electron chi connectivity index (χ0n) is 11.9. The first-order valence-corrected chi connectivity index (χ1v) is 8.15. The van der Waals surface area contributed by atoms with Crippen molar-refractivity contribution < 1.29 is 4.79 Å². The monoisotopic (exact) mass is 338 g/mol. The summed E-state index contributed by atoms with van der Waals surface area (Å²) in [5.41, 5.74) is 1.98. The van der Waals surface area contributed by atoms with E-state index in [9.17, 15) is 10.1 Å². The number of carbonyl (C=O) groups is 1. The minimum Gasteiger partial charge on any atom is -0.292 e. The molecule has 1 unspecified atom stereocenters. The molecule has 112 valence electrons. The van der Waals surface area contributed by atoms with Crippen LogP contribution in [0.4, 0.5) is 0 Å². The molecule has 0 aliphatic heterocycles. The molecule has 0 fully saturated rings. The van der Waals surface area contributed by atoms with Gasteiger partial charge in [-0.3, -0.25) is 4.79 Å². The molecule has 0 aliphatic rings. The summed E-state index contributed by atoms with van der Waals surface area (Å²) in [4.78, 5) is 17.0. The van der Waals surface area contributed by atoms with Gasteiger partial charge >= 0.3 is 0 Å². The molecular formula is C18H11ClN2OS. The molecule has 1 aromatic heterocycles. The number of rotatable bonds is 4. The van der Waals surface area contributed by atoms with Gasteiger partial charge in [0.05, 0.1) is 11.8 Å². The number of nitriles is 1. The number of thiazole rings is 1. The van der Waals surface area contributed by atoms with Gasteiger partial charge in [0.25, 0.3) is 0 Å². The average molecular weight is 339 g/mol. The molecule has 0 N–H and O–H groups in total. The fourth-order valence-corrected chi connectivity index (χ4v) is 3.30. The summed E-state index contributed by atoms with van der Waals surface area (Å²) in [5.74, 6) is -1.15. The van der Waals surface area contributed by atoms with Gasteiger partial charge in [0, 0.05) is 21.5 Å². The molecule has 1 heterocycles. The van der Waals surface area contributed by atoms with Gasteiger partial charge in [-0.05, 0) is 6.07 Å². The molecular weight excluding hydrogens is 328 g/mol. The Kier molecular flexibility index (Phi) is 4.52. The van der Waals surface area contributed by atoms with Gasteiger partial charge in [0.1, 0.15) is 5.01 Å². The Hall–Kier alpha value is -2.48. The maximum atomic E-state index is 12.5. The smallest absolute Gasteiger partial charge is 0.186 e. The Bertz CT molecular complexity index is 883. The Labute approximate surface area is 142 Å². The van der Waals surface area contributed by atoms with Crippen molar-refractivity contribution in [3.63, 3.8) is 0 Å². The number of aromatic nitrogens is 1. The minimum atomic E-state index is -0.904. The molecule has 0 aliphatic carbocycles. The summed E-state index contributed by atoms with van der Waals surface area (Å²) < 4.78 is 0. The third-order valence-corrected chi connectivity index (χ3v) is 4.61. The van der Waals surface area contributed by atoms with Crippen LogP contribution in [-0.4, -0.2) is 10.8 Å². The van der Waals surface area contributed by atoms with Crippen LogP contribution in [0.2, 0.25) is 5.02 Å². The number of Topliss-reactive ketones (excluding diaryl/α,β-unsaturated/α-hetero) is 1. The van der Waals surface area contributed by atoms with Crippen LogP contribution < -0.4 is 0 Å². The van der Waals surface area contributed by atoms with Crippen molar-refractivity contribution in [3.05, 3.63) is 75.6 Å². The fourth-order valence-electron chi connectivity index (χ4n) is 2.21. The molecule has 0 spiro atoms. The van der Waals surface area contributed by atoms with Crippen molar-refractivity contribution in [2.45, 2.75) is 5.92 Å². The number of hydrogen-bond donors (Lipinski definition) is 0. The number of carbonyl (C=O) groups excluding carboxylic acids is 1. The molecule has 1 atom stereocenters. The Balaban J connectivity index is 1.94. The van der Waals surface area contributed by atoms with Crippen LogP contribution in [0.3, 0.4) is 0 Å². The van der Waals surface area contributed by atoms with E-state index in [4.69, 9.17) is 11.6 Å². The zero-order chi connectivity index (χ0) is 16.2. The zero-order valence-corrected chi connectivity index (χ0v) is 13.5. The third-order valence-electron chi connectivity index (χ3n) is 3.37. The lowest BCUT2D eigenvalue weighted by atomic mass is 9.99. The minimum absolute atomic E-state index is 0.242. The normalized spacial score (nSPS) is 11.7. The standard InChI is InChI=1S/C18H11ClN2OS/c19-15-9-5-4-8-13(15)16-11-23-18(21-16)14(10-20)17(22)12-6-2-1-3-7-12/h1-9,11,14H. The van der Waals surface area contributed by atoms with Crippen LogP contribution in [0, 0.1) is 11.3 Å². The number of halogens is 1.